The fraction of sp³-hybridized carbons (Fsp3) is 0.438. The quantitative estimate of drug-likeness (QED) is 0.127. The molecule has 3 aliphatic rings. The molecule has 0 atom stereocenters. The second-order valence-electron chi connectivity index (χ2n) is 16.0. The Kier molecular flexibility index (Phi) is 16.5. The van der Waals surface area contributed by atoms with Crippen LogP contribution in [-0.2, 0) is 25.7 Å². The van der Waals surface area contributed by atoms with Gasteiger partial charge in [0.2, 0.25) is 0 Å². The molecule has 6 aromatic rings. The summed E-state index contributed by atoms with van der Waals surface area (Å²) >= 11 is 5.50. The number of halogens is 3. The van der Waals surface area contributed by atoms with Crippen molar-refractivity contribution < 1.29 is 13.2 Å². The van der Waals surface area contributed by atoms with E-state index in [4.69, 9.17) is 9.97 Å². The maximum atomic E-state index is 13.0. The van der Waals surface area contributed by atoms with Crippen LogP contribution in [0.5, 0.6) is 0 Å². The largest absolute Gasteiger partial charge is 0.317 e. The number of piperidine rings is 3. The van der Waals surface area contributed by atoms with Gasteiger partial charge in [-0.25, -0.2) is 28.1 Å². The van der Waals surface area contributed by atoms with Gasteiger partial charge in [-0.15, -0.1) is 34.0 Å². The van der Waals surface area contributed by atoms with Gasteiger partial charge < -0.3 is 16.0 Å². The van der Waals surface area contributed by atoms with Crippen molar-refractivity contribution in [3.05, 3.63) is 154 Å². The number of nitrogens with one attached hydrogen (secondary N) is 3. The summed E-state index contributed by atoms with van der Waals surface area (Å²) in [7, 11) is 0. The van der Waals surface area contributed by atoms with E-state index in [1.165, 1.54) is 101 Å². The summed E-state index contributed by atoms with van der Waals surface area (Å²) in [6.07, 6.45) is 12.7. The zero-order valence-electron chi connectivity index (χ0n) is 34.8. The number of thiazole rings is 3. The number of hydrogen-bond donors (Lipinski definition) is 3. The molecule has 0 bridgehead atoms. The number of rotatable bonds is 10. The molecule has 0 radical (unpaired) electrons. The normalized spacial score (nSPS) is 16.5. The minimum Gasteiger partial charge on any atom is -0.317 e. The molecule has 3 aromatic heterocycles. The standard InChI is InChI=1S/C17H21FN2S.C16H19FN2S.C15H17FN2S/c1-2-15-17(13-7-9-19-10-8-13)21-16(20-15)11-12-3-5-14(18)6-4-12;1-11-16(13-6-8-18-9-7-13)20-15(19-11)10-12-2-4-14(17)5-3-12;16-13-3-1-11(2-4-13)9-15-18-10-14(19-15)12-5-7-17-8-6-12/h3-6,13,19H,2,7-11H2,1H3;2-5,13,18H,6-10H2,1H3;1-4,10,12,17H,5-9H2. The second kappa shape index (κ2) is 22.4. The van der Waals surface area contributed by atoms with Gasteiger partial charge in [0.05, 0.1) is 26.4 Å². The maximum absolute atomic E-state index is 13.0. The first-order valence-corrected chi connectivity index (χ1v) is 24.0. The summed E-state index contributed by atoms with van der Waals surface area (Å²) in [6.45, 7) is 10.9. The molecule has 3 aliphatic heterocycles. The van der Waals surface area contributed by atoms with E-state index in [1.54, 1.807) is 11.3 Å². The predicted molar refractivity (Wildman–Crippen MR) is 243 cm³/mol. The number of aryl methyl sites for hydroxylation is 2. The van der Waals surface area contributed by atoms with Crippen molar-refractivity contribution in [1.29, 1.82) is 0 Å². The Morgan fingerprint density at radius 3 is 1.38 bits per heavy atom. The minimum atomic E-state index is -0.182. The molecule has 3 N–H and O–H groups in total. The van der Waals surface area contributed by atoms with E-state index >= 15 is 0 Å². The monoisotopic (exact) mass is 870 g/mol. The van der Waals surface area contributed by atoms with Crippen molar-refractivity contribution in [2.24, 2.45) is 0 Å². The maximum Gasteiger partial charge on any atom is 0.123 e. The van der Waals surface area contributed by atoms with Crippen LogP contribution in [0.4, 0.5) is 13.2 Å². The fourth-order valence-electron chi connectivity index (χ4n) is 8.18. The topological polar surface area (TPSA) is 74.8 Å². The van der Waals surface area contributed by atoms with Crippen molar-refractivity contribution in [2.75, 3.05) is 39.3 Å². The molecule has 6 nitrogen and oxygen atoms in total. The van der Waals surface area contributed by atoms with Gasteiger partial charge in [0.1, 0.15) is 17.5 Å². The van der Waals surface area contributed by atoms with Crippen molar-refractivity contribution in [3.8, 4) is 0 Å². The summed E-state index contributed by atoms with van der Waals surface area (Å²) in [5.74, 6) is 1.46. The number of benzene rings is 3. The van der Waals surface area contributed by atoms with Crippen LogP contribution >= 0.6 is 34.0 Å². The van der Waals surface area contributed by atoms with Crippen LogP contribution in [0.1, 0.15) is 121 Å². The molecular weight excluding hydrogens is 814 g/mol. The Hall–Kier alpha value is -3.78. The van der Waals surface area contributed by atoms with Gasteiger partial charge in [0.25, 0.3) is 0 Å². The molecule has 3 aromatic carbocycles. The van der Waals surface area contributed by atoms with Gasteiger partial charge in [-0.05, 0) is 162 Å². The smallest absolute Gasteiger partial charge is 0.123 e. The van der Waals surface area contributed by atoms with Crippen LogP contribution in [0.2, 0.25) is 0 Å². The molecule has 318 valence electrons. The van der Waals surface area contributed by atoms with E-state index in [9.17, 15) is 13.2 Å². The highest BCUT2D eigenvalue weighted by molar-refractivity contribution is 7.12. The summed E-state index contributed by atoms with van der Waals surface area (Å²) in [4.78, 5) is 18.4. The molecule has 60 heavy (non-hydrogen) atoms. The Bertz CT molecular complexity index is 2180. The van der Waals surface area contributed by atoms with E-state index < -0.39 is 0 Å². The number of hydrogen-bond acceptors (Lipinski definition) is 9. The first kappa shape index (κ1) is 44.3. The van der Waals surface area contributed by atoms with Gasteiger partial charge in [0, 0.05) is 40.1 Å². The predicted octanol–water partition coefficient (Wildman–Crippen LogP) is 10.9. The van der Waals surface area contributed by atoms with Crippen LogP contribution in [-0.4, -0.2) is 54.2 Å². The highest BCUT2D eigenvalue weighted by atomic mass is 32.1. The van der Waals surface area contributed by atoms with Gasteiger partial charge in [-0.2, -0.15) is 0 Å². The first-order valence-electron chi connectivity index (χ1n) is 21.5. The average molecular weight is 871 g/mol. The lowest BCUT2D eigenvalue weighted by atomic mass is 9.95. The Balaban J connectivity index is 0.000000136. The van der Waals surface area contributed by atoms with Crippen molar-refractivity contribution in [2.45, 2.75) is 95.8 Å². The van der Waals surface area contributed by atoms with E-state index in [-0.39, 0.29) is 17.5 Å². The average Bonchev–Trinajstić information content (AvgIpc) is 4.03. The molecule has 0 spiro atoms. The van der Waals surface area contributed by atoms with Gasteiger partial charge in [-0.1, -0.05) is 43.3 Å². The summed E-state index contributed by atoms with van der Waals surface area (Å²) in [5.41, 5.74) is 5.82. The molecule has 9 rings (SSSR count). The third kappa shape index (κ3) is 12.9. The summed E-state index contributed by atoms with van der Waals surface area (Å²) in [6, 6.07) is 20.2. The van der Waals surface area contributed by atoms with Gasteiger partial charge in [-0.3, -0.25) is 0 Å². The zero-order chi connectivity index (χ0) is 41.7. The van der Waals surface area contributed by atoms with Crippen molar-refractivity contribution in [1.82, 2.24) is 30.9 Å². The van der Waals surface area contributed by atoms with Crippen molar-refractivity contribution >= 4 is 34.0 Å². The van der Waals surface area contributed by atoms with Gasteiger partial charge in [0.15, 0.2) is 0 Å². The highest BCUT2D eigenvalue weighted by Gasteiger charge is 2.23. The molecule has 6 heterocycles. The minimum absolute atomic E-state index is 0.178. The molecule has 0 aliphatic carbocycles. The molecule has 0 amide bonds. The lowest BCUT2D eigenvalue weighted by molar-refractivity contribution is 0.463. The third-order valence-electron chi connectivity index (χ3n) is 11.5. The fourth-order valence-corrected chi connectivity index (χ4v) is 11.9. The number of aromatic nitrogens is 3. The second-order valence-corrected chi connectivity index (χ2v) is 19.3. The first-order chi connectivity index (χ1) is 29.3. The Labute approximate surface area is 365 Å². The van der Waals surface area contributed by atoms with E-state index in [1.807, 2.05) is 65.3 Å². The highest BCUT2D eigenvalue weighted by Crippen LogP contribution is 2.35. The van der Waals surface area contributed by atoms with Crippen LogP contribution in [0, 0.1) is 24.4 Å². The Morgan fingerprint density at radius 2 is 0.917 bits per heavy atom. The third-order valence-corrected chi connectivity index (χ3v) is 15.3. The lowest BCUT2D eigenvalue weighted by Crippen LogP contribution is -2.26. The van der Waals surface area contributed by atoms with Crippen LogP contribution < -0.4 is 16.0 Å². The van der Waals surface area contributed by atoms with E-state index in [2.05, 4.69) is 34.8 Å². The summed E-state index contributed by atoms with van der Waals surface area (Å²) < 4.78 is 38.7. The van der Waals surface area contributed by atoms with Gasteiger partial charge >= 0.3 is 0 Å². The molecule has 0 saturated carbocycles. The molecule has 3 fully saturated rings. The zero-order valence-corrected chi connectivity index (χ0v) is 37.2. The van der Waals surface area contributed by atoms with Crippen LogP contribution in [0.15, 0.2) is 79.0 Å². The van der Waals surface area contributed by atoms with Crippen LogP contribution in [0.3, 0.4) is 0 Å². The molecule has 12 heteroatoms. The molecule has 0 unspecified atom stereocenters. The lowest BCUT2D eigenvalue weighted by Gasteiger charge is -2.22. The molecular formula is C48H57F3N6S3. The summed E-state index contributed by atoms with van der Waals surface area (Å²) in [5, 5.41) is 13.6. The SMILES string of the molecule is CCc1nc(Cc2ccc(F)cc2)sc1C1CCNCC1.Cc1nc(Cc2ccc(F)cc2)sc1C1CCNCC1.Fc1ccc(Cc2ncc(C3CCNCC3)s2)cc1. The number of nitrogens with zero attached hydrogens (tertiary/aromatic N) is 3. The molecule has 3 saturated heterocycles. The van der Waals surface area contributed by atoms with Crippen LogP contribution in [0.25, 0.3) is 0 Å². The van der Waals surface area contributed by atoms with E-state index in [0.717, 1.165) is 96.7 Å². The van der Waals surface area contributed by atoms with E-state index in [0.29, 0.717) is 17.8 Å². The van der Waals surface area contributed by atoms with Crippen molar-refractivity contribution in [3.63, 3.8) is 0 Å². The Morgan fingerprint density at radius 1 is 0.517 bits per heavy atom.